The maximum absolute atomic E-state index is 12.1. The Hall–Kier alpha value is -1.26. The van der Waals surface area contributed by atoms with Crippen molar-refractivity contribution in [2.24, 2.45) is 0 Å². The number of aromatic amines is 1. The molecule has 9 atom stereocenters. The van der Waals surface area contributed by atoms with Crippen molar-refractivity contribution in [1.29, 1.82) is 0 Å². The average molecular weight is 544 g/mol. The summed E-state index contributed by atoms with van der Waals surface area (Å²) in [7, 11) is -9.75. The van der Waals surface area contributed by atoms with E-state index < -0.39 is 76.5 Å². The molecule has 16 nitrogen and oxygen atoms in total. The van der Waals surface area contributed by atoms with Crippen LogP contribution in [0.5, 0.6) is 0 Å². The average Bonchev–Trinajstić information content (AvgIpc) is 3.11. The molecule has 0 aromatic carbocycles. The number of aromatic nitrogens is 2. The Labute approximate surface area is 198 Å². The molecular formula is C17H26N2O14P2-2. The molecule has 2 unspecified atom stereocenters. The van der Waals surface area contributed by atoms with Gasteiger partial charge in [0.05, 0.1) is 24.9 Å². The van der Waals surface area contributed by atoms with Crippen LogP contribution in [0.15, 0.2) is 15.8 Å². The Morgan fingerprint density at radius 3 is 2.54 bits per heavy atom. The fraction of sp³-hybridized carbons (Fsp3) is 0.765. The molecule has 35 heavy (non-hydrogen) atoms. The van der Waals surface area contributed by atoms with Gasteiger partial charge in [-0.05, 0) is 13.8 Å². The summed E-state index contributed by atoms with van der Waals surface area (Å²) in [5.74, 6) is 0. The van der Waals surface area contributed by atoms with Gasteiger partial charge in [-0.2, -0.15) is 0 Å². The van der Waals surface area contributed by atoms with Gasteiger partial charge in [-0.1, -0.05) is 0 Å². The van der Waals surface area contributed by atoms with E-state index in [1.807, 2.05) is 0 Å². The van der Waals surface area contributed by atoms with Crippen molar-refractivity contribution in [2.75, 3.05) is 13.7 Å². The maximum atomic E-state index is 12.1. The van der Waals surface area contributed by atoms with E-state index in [1.165, 1.54) is 27.2 Å². The van der Waals surface area contributed by atoms with Gasteiger partial charge in [-0.3, -0.25) is 28.0 Å². The van der Waals surface area contributed by atoms with Crippen LogP contribution in [0, 0.1) is 6.92 Å². The van der Waals surface area contributed by atoms with Crippen LogP contribution in [0.3, 0.4) is 0 Å². The molecule has 0 aliphatic carbocycles. The molecule has 3 rings (SSSR count). The van der Waals surface area contributed by atoms with Crippen LogP contribution in [0.2, 0.25) is 0 Å². The van der Waals surface area contributed by atoms with Gasteiger partial charge in [0.25, 0.3) is 21.2 Å². The van der Waals surface area contributed by atoms with Gasteiger partial charge in [0, 0.05) is 31.7 Å². The van der Waals surface area contributed by atoms with Crippen molar-refractivity contribution < 1.29 is 56.7 Å². The number of phosphoric ester groups is 2. The largest absolute Gasteiger partial charge is 0.756 e. The molecule has 0 bridgehead atoms. The summed E-state index contributed by atoms with van der Waals surface area (Å²) in [5.41, 5.74) is -1.20. The van der Waals surface area contributed by atoms with E-state index >= 15 is 0 Å². The van der Waals surface area contributed by atoms with Crippen LogP contribution < -0.4 is 21.0 Å². The van der Waals surface area contributed by atoms with Crippen LogP contribution in [-0.4, -0.2) is 70.3 Å². The van der Waals surface area contributed by atoms with E-state index in [1.54, 1.807) is 0 Å². The maximum Gasteiger partial charge on any atom is 0.330 e. The molecule has 2 aliphatic rings. The molecule has 2 fully saturated rings. The summed E-state index contributed by atoms with van der Waals surface area (Å²) < 4.78 is 54.0. The number of aliphatic hydroxyl groups is 2. The first-order chi connectivity index (χ1) is 16.2. The molecule has 0 radical (unpaired) electrons. The number of aryl methyl sites for hydroxylation is 1. The van der Waals surface area contributed by atoms with Crippen molar-refractivity contribution in [3.8, 4) is 0 Å². The van der Waals surface area contributed by atoms with Gasteiger partial charge in [0.15, 0.2) is 6.29 Å². The van der Waals surface area contributed by atoms with E-state index in [0.29, 0.717) is 0 Å². The summed E-state index contributed by atoms with van der Waals surface area (Å²) >= 11 is 0. The van der Waals surface area contributed by atoms with Crippen LogP contribution in [-0.2, 0) is 36.7 Å². The van der Waals surface area contributed by atoms with Crippen LogP contribution in [0.25, 0.3) is 0 Å². The van der Waals surface area contributed by atoms with Crippen molar-refractivity contribution >= 4 is 15.6 Å². The fourth-order valence-electron chi connectivity index (χ4n) is 3.62. The number of nitrogens with zero attached hydrogens (tertiary/aromatic N) is 1. The molecule has 18 heteroatoms. The first-order valence-electron chi connectivity index (χ1n) is 10.4. The summed E-state index contributed by atoms with van der Waals surface area (Å²) in [6.45, 7) is 2.04. The molecule has 3 N–H and O–H groups in total. The van der Waals surface area contributed by atoms with Crippen molar-refractivity contribution in [3.05, 3.63) is 32.6 Å². The van der Waals surface area contributed by atoms with E-state index in [-0.39, 0.29) is 18.4 Å². The first kappa shape index (κ1) is 28.3. The van der Waals surface area contributed by atoms with Crippen LogP contribution >= 0.6 is 15.6 Å². The van der Waals surface area contributed by atoms with Gasteiger partial charge in [-0.15, -0.1) is 0 Å². The number of phosphoric acid groups is 2. The number of hydrogen-bond acceptors (Lipinski definition) is 14. The predicted molar refractivity (Wildman–Crippen MR) is 110 cm³/mol. The highest BCUT2D eigenvalue weighted by molar-refractivity contribution is 7.59. The van der Waals surface area contributed by atoms with Crippen molar-refractivity contribution in [1.82, 2.24) is 9.55 Å². The molecule has 2 saturated heterocycles. The standard InChI is InChI=1S/C17H28N2O14P2/c1-8-6-19(17(23)18-16(8)22)13-4-10(20)12(31-13)7-29-34(24,25)33-35(26,27)32-14-5-11(28-3)15(21)9(2)30-14/h6,9-15,20-21H,4-5,7H2,1-3H3,(H,24,25)(H,26,27)(H,18,22,23)/p-2/t9-,10-,11-,12+,13+,14+,15-/m0/s1. The zero-order chi connectivity index (χ0) is 26.1. The molecular weight excluding hydrogens is 518 g/mol. The van der Waals surface area contributed by atoms with E-state index in [9.17, 15) is 38.7 Å². The smallest absolute Gasteiger partial charge is 0.330 e. The lowest BCUT2D eigenvalue weighted by Gasteiger charge is -2.39. The highest BCUT2D eigenvalue weighted by Crippen LogP contribution is 2.57. The van der Waals surface area contributed by atoms with Gasteiger partial charge >= 0.3 is 5.69 Å². The lowest BCUT2D eigenvalue weighted by Crippen LogP contribution is -2.48. The normalized spacial score (nSPS) is 34.9. The topological polar surface area (TPSA) is 231 Å². The number of rotatable bonds is 9. The Morgan fingerprint density at radius 1 is 1.20 bits per heavy atom. The van der Waals surface area contributed by atoms with Crippen LogP contribution in [0.1, 0.15) is 31.6 Å². The van der Waals surface area contributed by atoms with Crippen LogP contribution in [0.4, 0.5) is 0 Å². The Balaban J connectivity index is 1.57. The summed E-state index contributed by atoms with van der Waals surface area (Å²) in [6.07, 6.45) is -7.00. The van der Waals surface area contributed by atoms with Crippen molar-refractivity contribution in [3.63, 3.8) is 0 Å². The third-order valence-corrected chi connectivity index (χ3v) is 8.02. The minimum Gasteiger partial charge on any atom is -0.756 e. The molecule has 200 valence electrons. The second-order valence-electron chi connectivity index (χ2n) is 8.06. The SMILES string of the molecule is CO[C@H]1C[C@@H](OP(=O)([O-])OP(=O)([O-])OC[C@H]2O[C@@H](n3cc(C)c(=O)[nH]c3=O)C[C@@H]2O)O[C@@H](C)[C@@H]1O. The third kappa shape index (κ3) is 7.16. The number of nitrogens with one attached hydrogen (secondary N) is 1. The Bertz CT molecular complexity index is 1110. The quantitative estimate of drug-likeness (QED) is 0.285. The number of hydrogen-bond donors (Lipinski definition) is 3. The summed E-state index contributed by atoms with van der Waals surface area (Å²) in [6, 6.07) is 0. The predicted octanol–water partition coefficient (Wildman–Crippen LogP) is -2.01. The van der Waals surface area contributed by atoms with Gasteiger partial charge in [0.1, 0.15) is 18.4 Å². The lowest BCUT2D eigenvalue weighted by atomic mass is 10.0. The third-order valence-electron chi connectivity index (χ3n) is 5.46. The van der Waals surface area contributed by atoms with E-state index in [0.717, 1.165) is 4.57 Å². The minimum absolute atomic E-state index is 0.143. The van der Waals surface area contributed by atoms with Gasteiger partial charge < -0.3 is 38.7 Å². The molecule has 3 heterocycles. The highest BCUT2D eigenvalue weighted by atomic mass is 31.3. The number of ether oxygens (including phenoxy) is 3. The summed E-state index contributed by atoms with van der Waals surface area (Å²) in [4.78, 5) is 49.7. The molecule has 0 saturated carbocycles. The number of aliphatic hydroxyl groups excluding tert-OH is 2. The second kappa shape index (κ2) is 11.0. The molecule has 2 aliphatic heterocycles. The monoisotopic (exact) mass is 544 g/mol. The van der Waals surface area contributed by atoms with Gasteiger partial charge in [-0.25, -0.2) is 9.11 Å². The molecule has 0 spiro atoms. The Morgan fingerprint density at radius 2 is 1.89 bits per heavy atom. The fourth-order valence-corrected chi connectivity index (χ4v) is 5.70. The highest BCUT2D eigenvalue weighted by Gasteiger charge is 2.39. The molecule has 0 amide bonds. The zero-order valence-corrected chi connectivity index (χ0v) is 20.7. The minimum atomic E-state index is -5.52. The van der Waals surface area contributed by atoms with Crippen molar-refractivity contribution in [2.45, 2.75) is 69.7 Å². The number of H-pyrrole nitrogens is 1. The molecule has 1 aromatic rings. The summed E-state index contributed by atoms with van der Waals surface area (Å²) in [5, 5.41) is 20.1. The zero-order valence-electron chi connectivity index (χ0n) is 18.9. The Kier molecular flexibility index (Phi) is 8.90. The molecule has 1 aromatic heterocycles. The first-order valence-corrected chi connectivity index (χ1v) is 13.3. The van der Waals surface area contributed by atoms with E-state index in [2.05, 4.69) is 18.3 Å². The van der Waals surface area contributed by atoms with E-state index in [4.69, 9.17) is 14.2 Å². The van der Waals surface area contributed by atoms with Gasteiger partial charge in [0.2, 0.25) is 0 Å². The second-order valence-corrected chi connectivity index (χ2v) is 11.0. The lowest BCUT2D eigenvalue weighted by molar-refractivity contribution is -0.275. The number of methoxy groups -OCH3 is 1.